The molecule has 0 saturated heterocycles. The average Bonchev–Trinajstić information content (AvgIpc) is 3.31. The number of nitrogens with zero attached hydrogens (tertiary/aromatic N) is 3. The Labute approximate surface area is 189 Å². The Kier molecular flexibility index (Phi) is 6.66. The average molecular weight is 484 g/mol. The fraction of sp³-hybridized carbons (Fsp3) is 0.333. The minimum atomic E-state index is 0.234. The lowest BCUT2D eigenvalue weighted by Crippen LogP contribution is -2.24. The van der Waals surface area contributed by atoms with E-state index in [1.165, 1.54) is 0 Å². The molecule has 0 bridgehead atoms. The highest BCUT2D eigenvalue weighted by Gasteiger charge is 2.13. The minimum Gasteiger partial charge on any atom is -0.304 e. The third kappa shape index (κ3) is 4.51. The third-order valence-corrected chi connectivity index (χ3v) is 7.12. The number of Topliss-reactive ketones (excluding diaryl/α,β-unsaturated/α-hetero) is 1. The molecule has 0 spiro atoms. The van der Waals surface area contributed by atoms with E-state index in [0.717, 1.165) is 68.9 Å². The fourth-order valence-corrected chi connectivity index (χ4v) is 5.05. The lowest BCUT2D eigenvalue weighted by molar-refractivity contribution is 0.0978. The zero-order valence-corrected chi connectivity index (χ0v) is 19.8. The number of hydrogen-bond acceptors (Lipinski definition) is 4. The molecule has 2 aromatic carbocycles. The number of thiazole rings is 1. The molecule has 0 atom stereocenters. The van der Waals surface area contributed by atoms with Crippen molar-refractivity contribution in [1.82, 2.24) is 14.3 Å². The molecular weight excluding hydrogens is 458 g/mol. The molecule has 0 aliphatic carbocycles. The largest absolute Gasteiger partial charge is 0.304 e. The molecule has 156 valence electrons. The van der Waals surface area contributed by atoms with Crippen LogP contribution in [0.25, 0.3) is 26.4 Å². The van der Waals surface area contributed by atoms with E-state index >= 15 is 0 Å². The summed E-state index contributed by atoms with van der Waals surface area (Å²) >= 11 is 5.11. The Hall–Kier alpha value is -2.02. The number of imidazole rings is 1. The van der Waals surface area contributed by atoms with Gasteiger partial charge in [0.05, 0.1) is 15.9 Å². The molecule has 4 nitrogen and oxygen atoms in total. The molecule has 2 aromatic heterocycles. The third-order valence-electron chi connectivity index (χ3n) is 5.58. The van der Waals surface area contributed by atoms with Crippen LogP contribution >= 0.6 is 27.3 Å². The molecule has 0 fully saturated rings. The van der Waals surface area contributed by atoms with Crippen LogP contribution in [0.3, 0.4) is 0 Å². The van der Waals surface area contributed by atoms with Gasteiger partial charge in [0.1, 0.15) is 0 Å². The summed E-state index contributed by atoms with van der Waals surface area (Å²) in [5, 5.41) is 0. The van der Waals surface area contributed by atoms with Gasteiger partial charge in [0.2, 0.25) is 0 Å². The fourth-order valence-electron chi connectivity index (χ4n) is 3.74. The first-order chi connectivity index (χ1) is 14.6. The van der Waals surface area contributed by atoms with Crippen molar-refractivity contribution in [1.29, 1.82) is 0 Å². The predicted molar refractivity (Wildman–Crippen MR) is 130 cm³/mol. The first-order valence-corrected chi connectivity index (χ1v) is 12.1. The molecule has 6 heteroatoms. The quantitative estimate of drug-likeness (QED) is 0.197. The second kappa shape index (κ2) is 9.41. The molecule has 0 aliphatic heterocycles. The zero-order valence-electron chi connectivity index (χ0n) is 17.4. The maximum atomic E-state index is 12.7. The molecule has 0 radical (unpaired) electrons. The summed E-state index contributed by atoms with van der Waals surface area (Å²) in [4.78, 5) is 20.8. The van der Waals surface area contributed by atoms with Gasteiger partial charge in [0, 0.05) is 28.2 Å². The standard InChI is InChI=1S/C24H26BrN3OS/c1-3-27(4-2)14-6-5-7-22(29)18-10-13-21-23(15-18)30-24-26-20(16-28(21)24)17-8-11-19(25)12-9-17/h8-13,15-16H,3-7,14H2,1-2H3. The number of carbonyl (C=O) groups is 1. The van der Waals surface area contributed by atoms with Crippen LogP contribution in [-0.4, -0.2) is 39.7 Å². The van der Waals surface area contributed by atoms with Crippen molar-refractivity contribution < 1.29 is 4.79 Å². The Bertz CT molecular complexity index is 1160. The lowest BCUT2D eigenvalue weighted by atomic mass is 10.1. The van der Waals surface area contributed by atoms with Gasteiger partial charge < -0.3 is 4.90 Å². The summed E-state index contributed by atoms with van der Waals surface area (Å²) in [6, 6.07) is 14.2. The van der Waals surface area contributed by atoms with E-state index in [0.29, 0.717) is 6.42 Å². The lowest BCUT2D eigenvalue weighted by Gasteiger charge is -2.17. The zero-order chi connectivity index (χ0) is 21.1. The molecular formula is C24H26BrN3OS. The van der Waals surface area contributed by atoms with E-state index < -0.39 is 0 Å². The van der Waals surface area contributed by atoms with Gasteiger partial charge in [-0.1, -0.05) is 53.2 Å². The van der Waals surface area contributed by atoms with Crippen molar-refractivity contribution in [2.45, 2.75) is 33.1 Å². The van der Waals surface area contributed by atoms with Crippen molar-refractivity contribution in [3.63, 3.8) is 0 Å². The van der Waals surface area contributed by atoms with Crippen LogP contribution in [-0.2, 0) is 0 Å². The van der Waals surface area contributed by atoms with Crippen LogP contribution < -0.4 is 0 Å². The van der Waals surface area contributed by atoms with Crippen molar-refractivity contribution >= 4 is 48.2 Å². The number of rotatable bonds is 9. The summed E-state index contributed by atoms with van der Waals surface area (Å²) < 4.78 is 4.28. The van der Waals surface area contributed by atoms with E-state index in [1.807, 2.05) is 24.3 Å². The second-order valence-electron chi connectivity index (χ2n) is 7.48. The Morgan fingerprint density at radius 1 is 1.10 bits per heavy atom. The highest BCUT2D eigenvalue weighted by molar-refractivity contribution is 9.10. The van der Waals surface area contributed by atoms with Gasteiger partial charge in [0.25, 0.3) is 0 Å². The SMILES string of the molecule is CCN(CC)CCCCC(=O)c1ccc2c(c1)sc1nc(-c3ccc(Br)cc3)cn12. The summed E-state index contributed by atoms with van der Waals surface area (Å²) in [6.07, 6.45) is 4.70. The van der Waals surface area contributed by atoms with Gasteiger partial charge in [-0.3, -0.25) is 9.20 Å². The van der Waals surface area contributed by atoms with Gasteiger partial charge in [-0.25, -0.2) is 4.98 Å². The number of ketones is 1. The van der Waals surface area contributed by atoms with Crippen LogP contribution in [0, 0.1) is 0 Å². The van der Waals surface area contributed by atoms with E-state index in [-0.39, 0.29) is 5.78 Å². The van der Waals surface area contributed by atoms with Crippen molar-refractivity contribution in [3.05, 3.63) is 58.7 Å². The van der Waals surface area contributed by atoms with Crippen LogP contribution in [0.5, 0.6) is 0 Å². The maximum Gasteiger partial charge on any atom is 0.195 e. The predicted octanol–water partition coefficient (Wildman–Crippen LogP) is 6.67. The van der Waals surface area contributed by atoms with Gasteiger partial charge in [-0.2, -0.15) is 0 Å². The van der Waals surface area contributed by atoms with Gasteiger partial charge in [-0.05, 0) is 62.8 Å². The Balaban J connectivity index is 1.48. The molecule has 0 N–H and O–H groups in total. The normalized spacial score (nSPS) is 11.7. The summed E-state index contributed by atoms with van der Waals surface area (Å²) in [6.45, 7) is 7.59. The molecule has 4 rings (SSSR count). The second-order valence-corrected chi connectivity index (χ2v) is 9.40. The van der Waals surface area contributed by atoms with E-state index in [9.17, 15) is 4.79 Å². The molecule has 0 unspecified atom stereocenters. The number of unbranched alkanes of at least 4 members (excludes halogenated alkanes) is 1. The number of halogens is 1. The minimum absolute atomic E-state index is 0.234. The van der Waals surface area contributed by atoms with Crippen LogP contribution in [0.4, 0.5) is 0 Å². The number of aromatic nitrogens is 2. The Morgan fingerprint density at radius 2 is 1.87 bits per heavy atom. The topological polar surface area (TPSA) is 37.6 Å². The van der Waals surface area contributed by atoms with Gasteiger partial charge in [-0.15, -0.1) is 0 Å². The van der Waals surface area contributed by atoms with Crippen molar-refractivity contribution in [2.24, 2.45) is 0 Å². The van der Waals surface area contributed by atoms with Crippen LogP contribution in [0.2, 0.25) is 0 Å². The molecule has 2 heterocycles. The van der Waals surface area contributed by atoms with Crippen molar-refractivity contribution in [3.8, 4) is 11.3 Å². The summed E-state index contributed by atoms with van der Waals surface area (Å²) in [5.41, 5.74) is 3.97. The molecule has 0 saturated carbocycles. The van der Waals surface area contributed by atoms with Crippen LogP contribution in [0.1, 0.15) is 43.5 Å². The van der Waals surface area contributed by atoms with E-state index in [4.69, 9.17) is 4.98 Å². The highest BCUT2D eigenvalue weighted by atomic mass is 79.9. The maximum absolute atomic E-state index is 12.7. The smallest absolute Gasteiger partial charge is 0.195 e. The van der Waals surface area contributed by atoms with Gasteiger partial charge >= 0.3 is 0 Å². The number of hydrogen-bond donors (Lipinski definition) is 0. The number of carbonyl (C=O) groups excluding carboxylic acids is 1. The number of fused-ring (bicyclic) bond motifs is 3. The summed E-state index contributed by atoms with van der Waals surface area (Å²) in [5.74, 6) is 0.234. The molecule has 4 aromatic rings. The molecule has 0 aliphatic rings. The highest BCUT2D eigenvalue weighted by Crippen LogP contribution is 2.31. The van der Waals surface area contributed by atoms with E-state index in [1.54, 1.807) is 11.3 Å². The molecule has 0 amide bonds. The summed E-state index contributed by atoms with van der Waals surface area (Å²) in [7, 11) is 0. The number of benzene rings is 2. The van der Waals surface area contributed by atoms with Gasteiger partial charge in [0.15, 0.2) is 10.7 Å². The monoisotopic (exact) mass is 483 g/mol. The van der Waals surface area contributed by atoms with Crippen molar-refractivity contribution in [2.75, 3.05) is 19.6 Å². The molecule has 30 heavy (non-hydrogen) atoms. The Morgan fingerprint density at radius 3 is 2.60 bits per heavy atom. The van der Waals surface area contributed by atoms with E-state index in [2.05, 4.69) is 63.5 Å². The van der Waals surface area contributed by atoms with Crippen LogP contribution in [0.15, 0.2) is 53.1 Å². The first kappa shape index (κ1) is 21.2. The first-order valence-electron chi connectivity index (χ1n) is 10.5.